The van der Waals surface area contributed by atoms with Gasteiger partial charge in [0.1, 0.15) is 0 Å². The second kappa shape index (κ2) is 6.29. The summed E-state index contributed by atoms with van der Waals surface area (Å²) in [6, 6.07) is 3.56. The molecule has 21 heavy (non-hydrogen) atoms. The molecule has 2 N–H and O–H groups in total. The van der Waals surface area contributed by atoms with E-state index in [2.05, 4.69) is 9.73 Å². The van der Waals surface area contributed by atoms with Gasteiger partial charge in [-0.15, -0.1) is 4.83 Å². The Morgan fingerprint density at radius 1 is 1.29 bits per heavy atom. The van der Waals surface area contributed by atoms with E-state index in [1.807, 2.05) is 7.05 Å². The van der Waals surface area contributed by atoms with Gasteiger partial charge in [-0.1, -0.05) is 11.6 Å². The number of hydrogen-bond acceptors (Lipinski definition) is 5. The third-order valence-corrected chi connectivity index (χ3v) is 4.92. The van der Waals surface area contributed by atoms with Crippen LogP contribution in [-0.2, 0) is 10.0 Å². The molecule has 0 radical (unpaired) electrons. The quantitative estimate of drug-likeness (QED) is 0.833. The van der Waals surface area contributed by atoms with Gasteiger partial charge in [-0.2, -0.15) is 0 Å². The number of likely N-dealkylation sites (N-methyl/N-ethyl adjacent to an activating group) is 1. The molecule has 0 saturated carbocycles. The van der Waals surface area contributed by atoms with Crippen LogP contribution in [0.25, 0.3) is 0 Å². The van der Waals surface area contributed by atoms with Crippen LogP contribution in [0.4, 0.5) is 0 Å². The number of rotatable bonds is 4. The van der Waals surface area contributed by atoms with Crippen molar-refractivity contribution in [1.82, 2.24) is 14.7 Å². The fraction of sp³-hybridized carbons (Fsp3) is 0.417. The lowest BCUT2D eigenvalue weighted by atomic mass is 10.2. The van der Waals surface area contributed by atoms with Crippen LogP contribution in [0.2, 0.25) is 5.02 Å². The number of sulfonamides is 1. The summed E-state index contributed by atoms with van der Waals surface area (Å²) in [5.74, 6) is -1.20. The Labute approximate surface area is 128 Å². The molecule has 0 aliphatic carbocycles. The summed E-state index contributed by atoms with van der Waals surface area (Å²) in [5.41, 5.74) is -0.129. The molecule has 116 valence electrons. The van der Waals surface area contributed by atoms with Gasteiger partial charge in [0.05, 0.1) is 15.5 Å². The zero-order valence-corrected chi connectivity index (χ0v) is 13.0. The Hall–Kier alpha value is -1.19. The molecule has 7 nitrogen and oxygen atoms in total. The highest BCUT2D eigenvalue weighted by Crippen LogP contribution is 2.21. The highest BCUT2D eigenvalue weighted by atomic mass is 35.5. The van der Waals surface area contributed by atoms with E-state index >= 15 is 0 Å². The number of carbonyl (C=O) groups is 1. The summed E-state index contributed by atoms with van der Waals surface area (Å²) in [6.07, 6.45) is 0. The van der Waals surface area contributed by atoms with Crippen molar-refractivity contribution in [3.05, 3.63) is 28.8 Å². The lowest BCUT2D eigenvalue weighted by molar-refractivity contribution is 0.0697. The van der Waals surface area contributed by atoms with E-state index in [4.69, 9.17) is 16.7 Å². The zero-order valence-electron chi connectivity index (χ0n) is 11.4. The molecule has 1 aromatic rings. The van der Waals surface area contributed by atoms with E-state index in [1.165, 1.54) is 12.1 Å². The van der Waals surface area contributed by atoms with Crippen LogP contribution in [0.1, 0.15) is 10.4 Å². The molecule has 2 rings (SSSR count). The largest absolute Gasteiger partial charge is 0.478 e. The van der Waals surface area contributed by atoms with Gasteiger partial charge >= 0.3 is 5.97 Å². The Bertz CT molecular complexity index is 642. The topological polar surface area (TPSA) is 90.0 Å². The molecular weight excluding hydrogens is 318 g/mol. The van der Waals surface area contributed by atoms with Crippen molar-refractivity contribution < 1.29 is 18.3 Å². The van der Waals surface area contributed by atoms with E-state index in [0.29, 0.717) is 13.1 Å². The van der Waals surface area contributed by atoms with Crippen molar-refractivity contribution in [1.29, 1.82) is 0 Å². The van der Waals surface area contributed by atoms with E-state index in [-0.39, 0.29) is 15.5 Å². The number of benzene rings is 1. The second-order valence-corrected chi connectivity index (χ2v) is 6.90. The van der Waals surface area contributed by atoms with Crippen molar-refractivity contribution in [3.8, 4) is 0 Å². The number of nitrogens with zero attached hydrogens (tertiary/aromatic N) is 2. The van der Waals surface area contributed by atoms with Crippen molar-refractivity contribution in [3.63, 3.8) is 0 Å². The van der Waals surface area contributed by atoms with Gasteiger partial charge in [-0.25, -0.2) is 18.2 Å². The van der Waals surface area contributed by atoms with Gasteiger partial charge in [-0.3, -0.25) is 0 Å². The lowest BCUT2D eigenvalue weighted by Crippen LogP contribution is -2.52. The van der Waals surface area contributed by atoms with Gasteiger partial charge in [-0.05, 0) is 25.2 Å². The van der Waals surface area contributed by atoms with Gasteiger partial charge in [0.2, 0.25) is 0 Å². The fourth-order valence-electron chi connectivity index (χ4n) is 1.96. The first-order valence-corrected chi connectivity index (χ1v) is 8.14. The highest BCUT2D eigenvalue weighted by molar-refractivity contribution is 7.89. The van der Waals surface area contributed by atoms with E-state index in [9.17, 15) is 13.2 Å². The smallest absolute Gasteiger partial charge is 0.337 e. The summed E-state index contributed by atoms with van der Waals surface area (Å²) in [6.45, 7) is 2.69. The monoisotopic (exact) mass is 333 g/mol. The number of aromatic carboxylic acids is 1. The van der Waals surface area contributed by atoms with Gasteiger partial charge in [0.25, 0.3) is 10.0 Å². The molecule has 1 saturated heterocycles. The molecule has 1 aromatic carbocycles. The predicted molar refractivity (Wildman–Crippen MR) is 77.8 cm³/mol. The Balaban J connectivity index is 2.16. The van der Waals surface area contributed by atoms with Gasteiger partial charge in [0.15, 0.2) is 0 Å². The maximum Gasteiger partial charge on any atom is 0.337 e. The third-order valence-electron chi connectivity index (χ3n) is 3.23. The van der Waals surface area contributed by atoms with Crippen molar-refractivity contribution in [2.45, 2.75) is 4.90 Å². The number of carboxylic acid groups (broad SMARTS) is 1. The number of hydrogen-bond donors (Lipinski definition) is 2. The highest BCUT2D eigenvalue weighted by Gasteiger charge is 2.22. The van der Waals surface area contributed by atoms with E-state index < -0.39 is 16.0 Å². The maximum atomic E-state index is 12.2. The zero-order chi connectivity index (χ0) is 15.6. The van der Waals surface area contributed by atoms with Crippen LogP contribution in [0.3, 0.4) is 0 Å². The van der Waals surface area contributed by atoms with Gasteiger partial charge < -0.3 is 10.0 Å². The van der Waals surface area contributed by atoms with Crippen LogP contribution in [0.15, 0.2) is 23.1 Å². The predicted octanol–water partition coefficient (Wildman–Crippen LogP) is 0.479. The normalized spacial score (nSPS) is 17.8. The maximum absolute atomic E-state index is 12.2. The van der Waals surface area contributed by atoms with E-state index in [0.717, 1.165) is 19.2 Å². The molecule has 1 aliphatic heterocycles. The van der Waals surface area contributed by atoms with Crippen LogP contribution in [-0.4, -0.2) is 62.6 Å². The van der Waals surface area contributed by atoms with Crippen LogP contribution in [0, 0.1) is 0 Å². The van der Waals surface area contributed by atoms with Gasteiger partial charge in [0, 0.05) is 26.2 Å². The minimum absolute atomic E-state index is 0.0589. The molecule has 9 heteroatoms. The first-order chi connectivity index (χ1) is 9.79. The molecular formula is C12H16ClN3O4S. The molecule has 1 aliphatic rings. The average molecular weight is 334 g/mol. The Kier molecular flexibility index (Phi) is 4.84. The van der Waals surface area contributed by atoms with E-state index in [1.54, 1.807) is 5.01 Å². The Morgan fingerprint density at radius 2 is 1.90 bits per heavy atom. The molecule has 0 spiro atoms. The summed E-state index contributed by atoms with van der Waals surface area (Å²) < 4.78 is 24.5. The first-order valence-electron chi connectivity index (χ1n) is 6.28. The Morgan fingerprint density at radius 3 is 2.43 bits per heavy atom. The average Bonchev–Trinajstić information content (AvgIpc) is 2.40. The number of hydrazine groups is 1. The lowest BCUT2D eigenvalue weighted by Gasteiger charge is -2.32. The molecule has 0 unspecified atom stereocenters. The number of piperazine rings is 1. The minimum Gasteiger partial charge on any atom is -0.478 e. The number of carboxylic acids is 1. The van der Waals surface area contributed by atoms with Crippen molar-refractivity contribution in [2.24, 2.45) is 0 Å². The summed E-state index contributed by atoms with van der Waals surface area (Å²) in [4.78, 5) is 15.4. The van der Waals surface area contributed by atoms with Crippen molar-refractivity contribution in [2.75, 3.05) is 33.2 Å². The fourth-order valence-corrected chi connectivity index (χ4v) is 3.43. The summed E-state index contributed by atoms with van der Waals surface area (Å²) >= 11 is 5.80. The molecule has 1 fully saturated rings. The first kappa shape index (κ1) is 16.2. The van der Waals surface area contributed by atoms with Crippen LogP contribution < -0.4 is 4.83 Å². The molecule has 0 atom stereocenters. The second-order valence-electron chi connectivity index (χ2n) is 4.83. The summed E-state index contributed by atoms with van der Waals surface area (Å²) in [5, 5.41) is 10.4. The number of nitrogens with one attached hydrogen (secondary N) is 1. The third kappa shape index (κ3) is 3.92. The SMILES string of the molecule is CN1CCN(NS(=O)(=O)c2ccc(C(=O)O)c(Cl)c2)CC1. The molecule has 0 amide bonds. The molecule has 0 aromatic heterocycles. The minimum atomic E-state index is -3.76. The molecule has 1 heterocycles. The molecule has 0 bridgehead atoms. The number of halogens is 1. The van der Waals surface area contributed by atoms with Crippen LogP contribution in [0.5, 0.6) is 0 Å². The van der Waals surface area contributed by atoms with Crippen molar-refractivity contribution >= 4 is 27.6 Å². The summed E-state index contributed by atoms with van der Waals surface area (Å²) in [7, 11) is -1.79. The van der Waals surface area contributed by atoms with Crippen LogP contribution >= 0.6 is 11.6 Å². The standard InChI is InChI=1S/C12H16ClN3O4S/c1-15-4-6-16(7-5-15)14-21(19,20)9-2-3-10(12(17)18)11(13)8-9/h2-3,8,14H,4-7H2,1H3,(H,17,18).